The lowest BCUT2D eigenvalue weighted by molar-refractivity contribution is 0.135. The topological polar surface area (TPSA) is 28.4 Å². The van der Waals surface area contributed by atoms with E-state index in [1.54, 1.807) is 0 Å². The summed E-state index contributed by atoms with van der Waals surface area (Å²) in [5.74, 6) is 2.74. The molecule has 0 radical (unpaired) electrons. The predicted octanol–water partition coefficient (Wildman–Crippen LogP) is 2.13. The molecule has 3 nitrogen and oxygen atoms in total. The molecule has 2 atom stereocenters. The molecule has 0 spiro atoms. The Bertz CT molecular complexity index is 374. The van der Waals surface area contributed by atoms with E-state index in [-0.39, 0.29) is 0 Å². The first-order chi connectivity index (χ1) is 8.34. The van der Waals surface area contributed by atoms with Crippen LogP contribution in [0.15, 0.2) is 16.5 Å². The zero-order valence-electron chi connectivity index (χ0n) is 10.6. The number of hydrogen-bond donors (Lipinski definition) is 1. The monoisotopic (exact) mass is 234 g/mol. The summed E-state index contributed by atoms with van der Waals surface area (Å²) in [6.45, 7) is 6.68. The van der Waals surface area contributed by atoms with Gasteiger partial charge in [-0.1, -0.05) is 6.42 Å². The van der Waals surface area contributed by atoms with Crippen LogP contribution in [0, 0.1) is 6.92 Å². The van der Waals surface area contributed by atoms with Crippen LogP contribution in [-0.4, -0.2) is 37.1 Å². The molecule has 0 saturated carbocycles. The molecule has 94 valence electrons. The second kappa shape index (κ2) is 4.83. The standard InChI is InChI=1S/C14H22N2O/c1-11-5-6-14(17-11)12-10-15-7-9-16-8-3-2-4-13(12)16/h5-6,12-13,15H,2-4,7-10H2,1H3. The maximum Gasteiger partial charge on any atom is 0.110 e. The van der Waals surface area contributed by atoms with Crippen LogP contribution in [0.5, 0.6) is 0 Å². The Kier molecular flexibility index (Phi) is 3.21. The third-order valence-electron chi connectivity index (χ3n) is 4.20. The van der Waals surface area contributed by atoms with Gasteiger partial charge in [0.15, 0.2) is 0 Å². The first-order valence-electron chi connectivity index (χ1n) is 6.86. The molecular formula is C14H22N2O. The molecule has 2 unspecified atom stereocenters. The average molecular weight is 234 g/mol. The minimum Gasteiger partial charge on any atom is -0.466 e. The molecule has 0 aromatic carbocycles. The molecule has 3 heterocycles. The molecular weight excluding hydrogens is 212 g/mol. The highest BCUT2D eigenvalue weighted by atomic mass is 16.3. The molecule has 17 heavy (non-hydrogen) atoms. The SMILES string of the molecule is Cc1ccc(C2CNCCN3CCCCC23)o1. The Morgan fingerprint density at radius 1 is 1.29 bits per heavy atom. The van der Waals surface area contributed by atoms with Gasteiger partial charge in [0.05, 0.1) is 0 Å². The molecule has 3 heteroatoms. The van der Waals surface area contributed by atoms with E-state index in [9.17, 15) is 0 Å². The summed E-state index contributed by atoms with van der Waals surface area (Å²) in [6, 6.07) is 4.94. The van der Waals surface area contributed by atoms with Crippen molar-refractivity contribution in [3.05, 3.63) is 23.7 Å². The molecule has 2 fully saturated rings. The smallest absolute Gasteiger partial charge is 0.110 e. The number of rotatable bonds is 1. The van der Waals surface area contributed by atoms with Crippen molar-refractivity contribution in [2.24, 2.45) is 0 Å². The third kappa shape index (κ3) is 2.26. The van der Waals surface area contributed by atoms with E-state index in [1.165, 1.54) is 38.1 Å². The van der Waals surface area contributed by atoms with E-state index in [2.05, 4.69) is 22.3 Å². The Hall–Kier alpha value is -0.800. The second-order valence-electron chi connectivity index (χ2n) is 5.36. The lowest BCUT2D eigenvalue weighted by atomic mass is 9.89. The van der Waals surface area contributed by atoms with Gasteiger partial charge in [0.2, 0.25) is 0 Å². The highest BCUT2D eigenvalue weighted by Gasteiger charge is 2.33. The molecule has 2 aliphatic heterocycles. The van der Waals surface area contributed by atoms with Crippen molar-refractivity contribution < 1.29 is 4.42 Å². The number of aryl methyl sites for hydroxylation is 1. The quantitative estimate of drug-likeness (QED) is 0.807. The molecule has 0 aliphatic carbocycles. The molecule has 2 saturated heterocycles. The van der Waals surface area contributed by atoms with Crippen LogP contribution < -0.4 is 5.32 Å². The molecule has 0 amide bonds. The minimum atomic E-state index is 0.534. The fourth-order valence-electron chi connectivity index (χ4n) is 3.31. The van der Waals surface area contributed by atoms with Crippen molar-refractivity contribution in [3.63, 3.8) is 0 Å². The van der Waals surface area contributed by atoms with Gasteiger partial charge in [0.1, 0.15) is 11.5 Å². The third-order valence-corrected chi connectivity index (χ3v) is 4.20. The van der Waals surface area contributed by atoms with Crippen LogP contribution in [0.3, 0.4) is 0 Å². The lowest BCUT2D eigenvalue weighted by Gasteiger charge is -2.37. The van der Waals surface area contributed by atoms with Crippen molar-refractivity contribution >= 4 is 0 Å². The fourth-order valence-corrected chi connectivity index (χ4v) is 3.31. The number of nitrogens with zero attached hydrogens (tertiary/aromatic N) is 1. The van der Waals surface area contributed by atoms with Gasteiger partial charge in [-0.25, -0.2) is 0 Å². The summed E-state index contributed by atoms with van der Waals surface area (Å²) in [6.07, 6.45) is 4.06. The van der Waals surface area contributed by atoms with E-state index in [1.807, 2.05) is 6.92 Å². The maximum atomic E-state index is 5.86. The van der Waals surface area contributed by atoms with Gasteiger partial charge in [0.25, 0.3) is 0 Å². The van der Waals surface area contributed by atoms with Gasteiger partial charge >= 0.3 is 0 Å². The summed E-state index contributed by atoms with van der Waals surface area (Å²) in [7, 11) is 0. The number of furan rings is 1. The van der Waals surface area contributed by atoms with E-state index in [0.717, 1.165) is 18.8 Å². The van der Waals surface area contributed by atoms with Crippen LogP contribution >= 0.6 is 0 Å². The number of piperidine rings is 1. The van der Waals surface area contributed by atoms with Crippen LogP contribution in [-0.2, 0) is 0 Å². The van der Waals surface area contributed by atoms with E-state index in [4.69, 9.17) is 4.42 Å². The molecule has 3 rings (SSSR count). The van der Waals surface area contributed by atoms with Crippen molar-refractivity contribution in [2.45, 2.75) is 38.1 Å². The fraction of sp³-hybridized carbons (Fsp3) is 0.714. The van der Waals surface area contributed by atoms with Crippen LogP contribution in [0.1, 0.15) is 36.7 Å². The predicted molar refractivity (Wildman–Crippen MR) is 68.3 cm³/mol. The summed E-state index contributed by atoms with van der Waals surface area (Å²) in [4.78, 5) is 2.66. The number of fused-ring (bicyclic) bond motifs is 1. The number of hydrogen-bond acceptors (Lipinski definition) is 3. The summed E-state index contributed by atoms with van der Waals surface area (Å²) < 4.78 is 5.86. The zero-order valence-corrected chi connectivity index (χ0v) is 10.6. The highest BCUT2D eigenvalue weighted by molar-refractivity contribution is 5.14. The van der Waals surface area contributed by atoms with E-state index < -0.39 is 0 Å². The largest absolute Gasteiger partial charge is 0.466 e. The van der Waals surface area contributed by atoms with E-state index in [0.29, 0.717) is 12.0 Å². The number of nitrogens with one attached hydrogen (secondary N) is 1. The van der Waals surface area contributed by atoms with Crippen LogP contribution in [0.4, 0.5) is 0 Å². The highest BCUT2D eigenvalue weighted by Crippen LogP contribution is 2.32. The van der Waals surface area contributed by atoms with Crippen molar-refractivity contribution in [1.82, 2.24) is 10.2 Å². The van der Waals surface area contributed by atoms with Crippen molar-refractivity contribution in [3.8, 4) is 0 Å². The first-order valence-corrected chi connectivity index (χ1v) is 6.86. The van der Waals surface area contributed by atoms with Gasteiger partial charge in [0, 0.05) is 31.6 Å². The van der Waals surface area contributed by atoms with Gasteiger partial charge in [-0.2, -0.15) is 0 Å². The Morgan fingerprint density at radius 2 is 2.24 bits per heavy atom. The maximum absolute atomic E-state index is 5.86. The lowest BCUT2D eigenvalue weighted by Crippen LogP contribution is -2.43. The Balaban J connectivity index is 1.85. The van der Waals surface area contributed by atoms with Gasteiger partial charge in [-0.3, -0.25) is 4.90 Å². The Morgan fingerprint density at radius 3 is 3.06 bits per heavy atom. The first kappa shape index (κ1) is 11.3. The second-order valence-corrected chi connectivity index (χ2v) is 5.36. The van der Waals surface area contributed by atoms with Crippen molar-refractivity contribution in [2.75, 3.05) is 26.2 Å². The zero-order chi connectivity index (χ0) is 11.7. The van der Waals surface area contributed by atoms with Gasteiger partial charge in [-0.05, 0) is 38.4 Å². The molecule has 1 aromatic heterocycles. The van der Waals surface area contributed by atoms with Gasteiger partial charge < -0.3 is 9.73 Å². The molecule has 1 aromatic rings. The summed E-state index contributed by atoms with van der Waals surface area (Å²) in [5.41, 5.74) is 0. The summed E-state index contributed by atoms with van der Waals surface area (Å²) >= 11 is 0. The molecule has 0 bridgehead atoms. The van der Waals surface area contributed by atoms with Crippen LogP contribution in [0.2, 0.25) is 0 Å². The molecule has 1 N–H and O–H groups in total. The molecule has 2 aliphatic rings. The average Bonchev–Trinajstić information content (AvgIpc) is 2.66. The normalized spacial score (nSPS) is 30.9. The van der Waals surface area contributed by atoms with Crippen molar-refractivity contribution in [1.29, 1.82) is 0 Å². The van der Waals surface area contributed by atoms with E-state index >= 15 is 0 Å². The Labute approximate surface area is 103 Å². The van der Waals surface area contributed by atoms with Gasteiger partial charge in [-0.15, -0.1) is 0 Å². The minimum absolute atomic E-state index is 0.534. The summed E-state index contributed by atoms with van der Waals surface area (Å²) in [5, 5.41) is 3.56. The van der Waals surface area contributed by atoms with Crippen LogP contribution in [0.25, 0.3) is 0 Å².